The topological polar surface area (TPSA) is 18.5 Å². The fraction of sp³-hybridized carbons (Fsp3) is 0.200. The maximum absolute atomic E-state index is 5.71. The molecule has 2 aromatic carbocycles. The van der Waals surface area contributed by atoms with E-state index in [1.807, 2.05) is 48.5 Å². The first kappa shape index (κ1) is 16.9. The molecule has 0 aliphatic rings. The van der Waals surface area contributed by atoms with Gasteiger partial charge in [-0.05, 0) is 35.4 Å². The Bertz CT molecular complexity index is 642. The molecule has 0 amide bonds. The number of thioether (sulfide) groups is 1. The van der Waals surface area contributed by atoms with Gasteiger partial charge in [-0.15, -0.1) is 24.6 Å². The smallest absolute Gasteiger partial charge is 0.118 e. The van der Waals surface area contributed by atoms with Crippen LogP contribution >= 0.6 is 11.8 Å². The summed E-state index contributed by atoms with van der Waals surface area (Å²) in [6, 6.07) is 15.5. The van der Waals surface area contributed by atoms with Gasteiger partial charge in [-0.25, -0.2) is 0 Å². The maximum atomic E-state index is 5.71. The van der Waals surface area contributed by atoms with E-state index < -0.39 is 0 Å². The third-order valence-corrected chi connectivity index (χ3v) is 4.77. The number of ether oxygens (including phenoxy) is 2. The minimum Gasteiger partial charge on any atom is -0.497 e. The van der Waals surface area contributed by atoms with E-state index in [4.69, 9.17) is 22.3 Å². The summed E-state index contributed by atoms with van der Waals surface area (Å²) in [5, 5.41) is -0.242. The largest absolute Gasteiger partial charge is 0.497 e. The maximum Gasteiger partial charge on any atom is 0.118 e. The zero-order valence-electron chi connectivity index (χ0n) is 13.2. The third-order valence-electron chi connectivity index (χ3n) is 3.41. The van der Waals surface area contributed by atoms with Crippen LogP contribution in [0.3, 0.4) is 0 Å². The third kappa shape index (κ3) is 4.25. The normalized spacial score (nSPS) is 12.5. The van der Waals surface area contributed by atoms with E-state index in [0.717, 1.165) is 22.6 Å². The van der Waals surface area contributed by atoms with Crippen molar-refractivity contribution in [3.05, 3.63) is 59.7 Å². The molecular formula is C20H18O2S. The Hall–Kier alpha value is -2.49. The van der Waals surface area contributed by atoms with Gasteiger partial charge >= 0.3 is 0 Å². The van der Waals surface area contributed by atoms with Gasteiger partial charge in [0.05, 0.1) is 24.7 Å². The molecule has 0 spiro atoms. The first-order valence-corrected chi connectivity index (χ1v) is 8.01. The predicted octanol–water partition coefficient (Wildman–Crippen LogP) is 4.49. The lowest BCUT2D eigenvalue weighted by atomic mass is 10.1. The highest BCUT2D eigenvalue weighted by atomic mass is 32.2. The molecule has 0 aliphatic heterocycles. The number of rotatable bonds is 6. The van der Waals surface area contributed by atoms with Crippen molar-refractivity contribution in [1.29, 1.82) is 0 Å². The summed E-state index contributed by atoms with van der Waals surface area (Å²) >= 11 is 1.57. The van der Waals surface area contributed by atoms with Gasteiger partial charge < -0.3 is 9.47 Å². The molecule has 0 saturated carbocycles. The highest BCUT2D eigenvalue weighted by Gasteiger charge is 2.17. The van der Waals surface area contributed by atoms with Gasteiger partial charge in [0.15, 0.2) is 0 Å². The van der Waals surface area contributed by atoms with Gasteiger partial charge in [0.1, 0.15) is 11.5 Å². The van der Waals surface area contributed by atoms with Crippen LogP contribution in [0.5, 0.6) is 11.5 Å². The molecule has 23 heavy (non-hydrogen) atoms. The van der Waals surface area contributed by atoms with Crippen LogP contribution in [0, 0.1) is 24.7 Å². The van der Waals surface area contributed by atoms with E-state index in [0.29, 0.717) is 0 Å². The zero-order valence-corrected chi connectivity index (χ0v) is 14.0. The van der Waals surface area contributed by atoms with Crippen molar-refractivity contribution < 1.29 is 9.47 Å². The molecule has 2 nitrogen and oxygen atoms in total. The lowest BCUT2D eigenvalue weighted by Crippen LogP contribution is -1.98. The summed E-state index contributed by atoms with van der Waals surface area (Å²) in [6.07, 6.45) is 11.4. The molecule has 0 aliphatic carbocycles. The van der Waals surface area contributed by atoms with Gasteiger partial charge in [-0.3, -0.25) is 0 Å². The van der Waals surface area contributed by atoms with Crippen LogP contribution in [0.4, 0.5) is 0 Å². The second-order valence-electron chi connectivity index (χ2n) is 4.78. The molecule has 2 aromatic rings. The summed E-state index contributed by atoms with van der Waals surface area (Å²) in [7, 11) is 3.28. The lowest BCUT2D eigenvalue weighted by Gasteiger charge is -2.17. The molecule has 0 heterocycles. The summed E-state index contributed by atoms with van der Waals surface area (Å²) in [6.45, 7) is 0. The second-order valence-corrected chi connectivity index (χ2v) is 5.99. The van der Waals surface area contributed by atoms with Crippen molar-refractivity contribution in [3.8, 4) is 36.2 Å². The van der Waals surface area contributed by atoms with E-state index in [-0.39, 0.29) is 10.5 Å². The molecule has 0 N–H and O–H groups in total. The zero-order chi connectivity index (χ0) is 16.7. The first-order valence-electron chi connectivity index (χ1n) is 7.07. The van der Waals surface area contributed by atoms with Gasteiger partial charge in [0, 0.05) is 0 Å². The van der Waals surface area contributed by atoms with Crippen LogP contribution in [0.1, 0.15) is 21.6 Å². The molecule has 2 atom stereocenters. The number of hydrogen-bond donors (Lipinski definition) is 0. The Balaban J connectivity index is 2.17. The Kier molecular flexibility index (Phi) is 6.03. The Morgan fingerprint density at radius 2 is 1.09 bits per heavy atom. The number of terminal acetylenes is 2. The monoisotopic (exact) mass is 322 g/mol. The van der Waals surface area contributed by atoms with E-state index in [2.05, 4.69) is 11.8 Å². The van der Waals surface area contributed by atoms with E-state index >= 15 is 0 Å². The highest BCUT2D eigenvalue weighted by Crippen LogP contribution is 2.40. The van der Waals surface area contributed by atoms with Crippen LogP contribution < -0.4 is 9.47 Å². The molecule has 2 unspecified atom stereocenters. The molecule has 2 rings (SSSR count). The fourth-order valence-corrected chi connectivity index (χ4v) is 3.18. The quantitative estimate of drug-likeness (QED) is 0.730. The molecule has 0 aromatic heterocycles. The molecule has 0 saturated heterocycles. The number of benzene rings is 2. The van der Waals surface area contributed by atoms with Gasteiger partial charge in [-0.1, -0.05) is 36.1 Å². The van der Waals surface area contributed by atoms with E-state index in [1.165, 1.54) is 0 Å². The van der Waals surface area contributed by atoms with Crippen LogP contribution in [-0.4, -0.2) is 14.2 Å². The SMILES string of the molecule is C#CC(SC(C#C)c1ccc(OC)cc1)c1ccc(OC)cc1. The van der Waals surface area contributed by atoms with Crippen LogP contribution in [0.2, 0.25) is 0 Å². The molecule has 0 fully saturated rings. The van der Waals surface area contributed by atoms with Crippen molar-refractivity contribution in [2.24, 2.45) is 0 Å². The van der Waals surface area contributed by atoms with E-state index in [1.54, 1.807) is 26.0 Å². The highest BCUT2D eigenvalue weighted by molar-refractivity contribution is 8.00. The van der Waals surface area contributed by atoms with Crippen LogP contribution in [-0.2, 0) is 0 Å². The van der Waals surface area contributed by atoms with Crippen molar-refractivity contribution in [1.82, 2.24) is 0 Å². The van der Waals surface area contributed by atoms with Crippen molar-refractivity contribution in [2.75, 3.05) is 14.2 Å². The molecule has 0 radical (unpaired) electrons. The van der Waals surface area contributed by atoms with Gasteiger partial charge in [0.2, 0.25) is 0 Å². The molecular weight excluding hydrogens is 304 g/mol. The van der Waals surface area contributed by atoms with Crippen molar-refractivity contribution in [2.45, 2.75) is 10.5 Å². The predicted molar refractivity (Wildman–Crippen MR) is 96.7 cm³/mol. The van der Waals surface area contributed by atoms with Crippen molar-refractivity contribution in [3.63, 3.8) is 0 Å². The Labute approximate surface area is 142 Å². The Morgan fingerprint density at radius 1 is 0.739 bits per heavy atom. The molecule has 116 valence electrons. The van der Waals surface area contributed by atoms with Gasteiger partial charge in [0.25, 0.3) is 0 Å². The minimum atomic E-state index is -0.121. The fourth-order valence-electron chi connectivity index (χ4n) is 2.12. The summed E-state index contributed by atoms with van der Waals surface area (Å²) in [4.78, 5) is 0. The summed E-state index contributed by atoms with van der Waals surface area (Å²) in [5.74, 6) is 7.24. The summed E-state index contributed by atoms with van der Waals surface area (Å²) in [5.41, 5.74) is 2.07. The van der Waals surface area contributed by atoms with Crippen molar-refractivity contribution >= 4 is 11.8 Å². The van der Waals surface area contributed by atoms with Crippen LogP contribution in [0.15, 0.2) is 48.5 Å². The van der Waals surface area contributed by atoms with Crippen LogP contribution in [0.25, 0.3) is 0 Å². The first-order chi connectivity index (χ1) is 11.2. The molecule has 0 bridgehead atoms. The Morgan fingerprint density at radius 3 is 1.35 bits per heavy atom. The number of methoxy groups -OCH3 is 2. The van der Waals surface area contributed by atoms with Gasteiger partial charge in [-0.2, -0.15) is 0 Å². The number of hydrogen-bond acceptors (Lipinski definition) is 3. The summed E-state index contributed by atoms with van der Waals surface area (Å²) < 4.78 is 10.3. The van der Waals surface area contributed by atoms with E-state index in [9.17, 15) is 0 Å². The molecule has 3 heteroatoms. The average molecular weight is 322 g/mol. The standard InChI is InChI=1S/C20H18O2S/c1-5-19(15-7-11-17(21-3)12-8-15)23-20(6-2)16-9-13-18(22-4)14-10-16/h1-2,7-14,19-20H,3-4H3. The second kappa shape index (κ2) is 8.22. The average Bonchev–Trinajstić information content (AvgIpc) is 2.63. The minimum absolute atomic E-state index is 0.121. The lowest BCUT2D eigenvalue weighted by molar-refractivity contribution is 0.414.